The van der Waals surface area contributed by atoms with E-state index in [4.69, 9.17) is 9.47 Å². The van der Waals surface area contributed by atoms with E-state index >= 15 is 0 Å². The molecule has 0 saturated heterocycles. The quantitative estimate of drug-likeness (QED) is 0.549. The van der Waals surface area contributed by atoms with Gasteiger partial charge in [-0.25, -0.2) is 4.98 Å². The Morgan fingerprint density at radius 3 is 2.41 bits per heavy atom. The lowest BCUT2D eigenvalue weighted by Gasteiger charge is -2.21. The van der Waals surface area contributed by atoms with Crippen LogP contribution in [0.15, 0.2) is 48.7 Å². The number of ether oxygens (including phenoxy) is 2. The molecule has 0 fully saturated rings. The van der Waals surface area contributed by atoms with Gasteiger partial charge in [0.2, 0.25) is 0 Å². The van der Waals surface area contributed by atoms with Crippen LogP contribution in [-0.2, 0) is 19.7 Å². The van der Waals surface area contributed by atoms with Gasteiger partial charge in [-0.2, -0.15) is 0 Å². The van der Waals surface area contributed by atoms with Crippen molar-refractivity contribution in [3.05, 3.63) is 76.9 Å². The summed E-state index contributed by atoms with van der Waals surface area (Å²) in [6.07, 6.45) is 1.84. The van der Waals surface area contributed by atoms with Crippen LogP contribution >= 0.6 is 0 Å². The van der Waals surface area contributed by atoms with Gasteiger partial charge in [0.25, 0.3) is 0 Å². The number of hydrogen-bond donors (Lipinski definition) is 2. The largest absolute Gasteiger partial charge is 0.493 e. The van der Waals surface area contributed by atoms with Gasteiger partial charge >= 0.3 is 0 Å². The number of rotatable bonds is 10. The first-order chi connectivity index (χ1) is 14.1. The number of H-pyrrole nitrogens is 1. The second kappa shape index (κ2) is 10.1. The minimum atomic E-state index is 0.0992. The highest BCUT2D eigenvalue weighted by Crippen LogP contribution is 2.29. The number of imidazole rings is 1. The van der Waals surface area contributed by atoms with E-state index in [-0.39, 0.29) is 6.61 Å². The average molecular weight is 396 g/mol. The van der Waals surface area contributed by atoms with Gasteiger partial charge in [0.15, 0.2) is 11.5 Å². The summed E-state index contributed by atoms with van der Waals surface area (Å²) in [6.45, 7) is 6.54. The Morgan fingerprint density at radius 2 is 1.76 bits per heavy atom. The number of aliphatic hydroxyl groups is 1. The maximum absolute atomic E-state index is 9.43. The highest BCUT2D eigenvalue weighted by Gasteiger charge is 2.12. The van der Waals surface area contributed by atoms with E-state index in [2.05, 4.69) is 46.1 Å². The van der Waals surface area contributed by atoms with Crippen LogP contribution in [0.4, 0.5) is 0 Å². The topological polar surface area (TPSA) is 70.6 Å². The average Bonchev–Trinajstić information content (AvgIpc) is 3.13. The number of aliphatic hydroxyl groups excluding tert-OH is 1. The Kier molecular flexibility index (Phi) is 7.27. The van der Waals surface area contributed by atoms with Crippen LogP contribution in [0.2, 0.25) is 0 Å². The molecular formula is C23H29N3O3. The van der Waals surface area contributed by atoms with E-state index in [9.17, 15) is 5.11 Å². The van der Waals surface area contributed by atoms with Crippen LogP contribution in [0.25, 0.3) is 0 Å². The van der Waals surface area contributed by atoms with Gasteiger partial charge in [-0.15, -0.1) is 0 Å². The van der Waals surface area contributed by atoms with E-state index in [1.807, 2.05) is 31.3 Å². The zero-order valence-electron chi connectivity index (χ0n) is 17.3. The number of methoxy groups -OCH3 is 1. The van der Waals surface area contributed by atoms with Crippen LogP contribution in [0, 0.1) is 13.8 Å². The maximum Gasteiger partial charge on any atom is 0.161 e. The van der Waals surface area contributed by atoms with E-state index in [1.165, 1.54) is 5.56 Å². The molecule has 2 aromatic carbocycles. The molecule has 0 spiro atoms. The molecule has 3 aromatic rings. The Labute approximate surface area is 172 Å². The van der Waals surface area contributed by atoms with Gasteiger partial charge in [0.05, 0.1) is 13.7 Å². The van der Waals surface area contributed by atoms with Gasteiger partial charge in [-0.3, -0.25) is 4.90 Å². The normalized spacial score (nSPS) is 11.1. The number of hydrogen-bond acceptors (Lipinski definition) is 5. The van der Waals surface area contributed by atoms with Crippen molar-refractivity contribution >= 4 is 0 Å². The predicted octanol–water partition coefficient (Wildman–Crippen LogP) is 3.61. The Bertz CT molecular complexity index is 906. The molecule has 0 unspecified atom stereocenters. The molecule has 0 saturated carbocycles. The van der Waals surface area contributed by atoms with Crippen molar-refractivity contribution in [3.8, 4) is 11.5 Å². The molecule has 0 radical (unpaired) electrons. The van der Waals surface area contributed by atoms with Gasteiger partial charge < -0.3 is 19.6 Å². The lowest BCUT2D eigenvalue weighted by Crippen LogP contribution is -2.26. The lowest BCUT2D eigenvalue weighted by atomic mass is 10.1. The van der Waals surface area contributed by atoms with Gasteiger partial charge in [0, 0.05) is 31.5 Å². The van der Waals surface area contributed by atoms with Crippen LogP contribution in [0.1, 0.15) is 28.2 Å². The summed E-state index contributed by atoms with van der Waals surface area (Å²) in [5, 5.41) is 9.43. The highest BCUT2D eigenvalue weighted by molar-refractivity contribution is 5.43. The van der Waals surface area contributed by atoms with E-state index < -0.39 is 0 Å². The smallest absolute Gasteiger partial charge is 0.161 e. The molecule has 6 heteroatoms. The zero-order valence-corrected chi connectivity index (χ0v) is 17.3. The molecule has 0 atom stereocenters. The van der Waals surface area contributed by atoms with Gasteiger partial charge in [0.1, 0.15) is 12.4 Å². The fraction of sp³-hybridized carbons (Fsp3) is 0.348. The van der Waals surface area contributed by atoms with Crippen LogP contribution < -0.4 is 9.47 Å². The summed E-state index contributed by atoms with van der Waals surface area (Å²) < 4.78 is 11.5. The standard InChI is InChI=1S/C23H29N3O3/c1-17-4-6-19(7-5-17)16-29-22-9-8-20(12-23(22)28-3)14-26(10-11-27)15-21-13-24-18(2)25-21/h4-9,12-13,27H,10-11,14-16H2,1-3H3,(H,24,25). The number of aryl methyl sites for hydroxylation is 2. The molecule has 154 valence electrons. The molecule has 1 aromatic heterocycles. The maximum atomic E-state index is 9.43. The van der Waals surface area contributed by atoms with E-state index in [0.717, 1.165) is 28.4 Å². The minimum absolute atomic E-state index is 0.0992. The molecule has 3 rings (SSSR count). The predicted molar refractivity (Wildman–Crippen MR) is 113 cm³/mol. The molecule has 0 aliphatic rings. The van der Waals surface area contributed by atoms with E-state index in [1.54, 1.807) is 7.11 Å². The molecule has 6 nitrogen and oxygen atoms in total. The first-order valence-corrected chi connectivity index (χ1v) is 9.76. The van der Waals surface area contributed by atoms with Crippen LogP contribution in [0.5, 0.6) is 11.5 Å². The van der Waals surface area contributed by atoms with Gasteiger partial charge in [-0.1, -0.05) is 35.9 Å². The molecule has 1 heterocycles. The molecule has 0 bridgehead atoms. The van der Waals surface area contributed by atoms with Crippen molar-refractivity contribution in [2.45, 2.75) is 33.5 Å². The summed E-state index contributed by atoms with van der Waals surface area (Å²) in [5.41, 5.74) is 4.47. The highest BCUT2D eigenvalue weighted by atomic mass is 16.5. The third-order valence-corrected chi connectivity index (χ3v) is 4.71. The van der Waals surface area contributed by atoms with Crippen molar-refractivity contribution in [3.63, 3.8) is 0 Å². The monoisotopic (exact) mass is 395 g/mol. The summed E-state index contributed by atoms with van der Waals surface area (Å²) in [5.74, 6) is 2.31. The van der Waals surface area contributed by atoms with Crippen molar-refractivity contribution in [2.75, 3.05) is 20.3 Å². The first kappa shape index (κ1) is 20.9. The molecule has 2 N–H and O–H groups in total. The molecule has 0 aliphatic heterocycles. The Balaban J connectivity index is 1.66. The Hall–Kier alpha value is -2.83. The lowest BCUT2D eigenvalue weighted by molar-refractivity contribution is 0.183. The third kappa shape index (κ3) is 6.07. The van der Waals surface area contributed by atoms with Crippen LogP contribution in [-0.4, -0.2) is 40.2 Å². The fourth-order valence-electron chi connectivity index (χ4n) is 3.18. The number of nitrogens with zero attached hydrogens (tertiary/aromatic N) is 2. The molecular weight excluding hydrogens is 366 g/mol. The number of nitrogens with one attached hydrogen (secondary N) is 1. The summed E-state index contributed by atoms with van der Waals surface area (Å²) in [7, 11) is 1.65. The third-order valence-electron chi connectivity index (χ3n) is 4.71. The summed E-state index contributed by atoms with van der Waals surface area (Å²) >= 11 is 0. The zero-order chi connectivity index (χ0) is 20.6. The minimum Gasteiger partial charge on any atom is -0.493 e. The number of benzene rings is 2. The van der Waals surface area contributed by atoms with Crippen molar-refractivity contribution in [2.24, 2.45) is 0 Å². The summed E-state index contributed by atoms with van der Waals surface area (Å²) in [6, 6.07) is 14.3. The number of aromatic amines is 1. The van der Waals surface area contributed by atoms with E-state index in [0.29, 0.717) is 32.0 Å². The van der Waals surface area contributed by atoms with Crippen molar-refractivity contribution in [1.82, 2.24) is 14.9 Å². The number of aromatic nitrogens is 2. The molecule has 29 heavy (non-hydrogen) atoms. The van der Waals surface area contributed by atoms with Gasteiger partial charge in [-0.05, 0) is 37.1 Å². The Morgan fingerprint density at radius 1 is 1.00 bits per heavy atom. The molecule has 0 amide bonds. The van der Waals surface area contributed by atoms with Crippen molar-refractivity contribution in [1.29, 1.82) is 0 Å². The van der Waals surface area contributed by atoms with Crippen molar-refractivity contribution < 1.29 is 14.6 Å². The second-order valence-electron chi connectivity index (χ2n) is 7.19. The van der Waals surface area contributed by atoms with Crippen LogP contribution in [0.3, 0.4) is 0 Å². The summed E-state index contributed by atoms with van der Waals surface area (Å²) in [4.78, 5) is 9.65. The second-order valence-corrected chi connectivity index (χ2v) is 7.19. The fourth-order valence-corrected chi connectivity index (χ4v) is 3.18. The SMILES string of the molecule is COc1cc(CN(CCO)Cc2cnc(C)[nH]2)ccc1OCc1ccc(C)cc1. The first-order valence-electron chi connectivity index (χ1n) is 9.76. The molecule has 0 aliphatic carbocycles.